The lowest BCUT2D eigenvalue weighted by atomic mass is 10.7. The van der Waals surface area contributed by atoms with Gasteiger partial charge < -0.3 is 9.47 Å². The van der Waals surface area contributed by atoms with E-state index < -0.39 is 0 Å². The van der Waals surface area contributed by atoms with E-state index in [9.17, 15) is 0 Å². The summed E-state index contributed by atoms with van der Waals surface area (Å²) < 4.78 is 9.67. The van der Waals surface area contributed by atoms with Crippen LogP contribution < -0.4 is 0 Å². The average molecular weight is 158 g/mol. The van der Waals surface area contributed by atoms with Gasteiger partial charge in [0.25, 0.3) is 0 Å². The fraction of sp³-hybridized carbons (Fsp3) is 0.286. The van der Waals surface area contributed by atoms with E-state index in [0.29, 0.717) is 13.2 Å². The molecule has 0 rings (SSSR count). The Balaban J connectivity index is 3.24. The van der Waals surface area contributed by atoms with E-state index in [1.165, 1.54) is 0 Å². The lowest BCUT2D eigenvalue weighted by Crippen LogP contribution is -2.06. The molecule has 0 bridgehead atoms. The third-order valence-electron chi connectivity index (χ3n) is 0.638. The third kappa shape index (κ3) is 5.31. The highest BCUT2D eigenvalue weighted by Gasteiger charge is 1.92. The summed E-state index contributed by atoms with van der Waals surface area (Å²) in [4.78, 5) is 0. The van der Waals surface area contributed by atoms with Crippen LogP contribution in [0.5, 0.6) is 0 Å². The van der Waals surface area contributed by atoms with E-state index in [0.717, 1.165) is 0 Å². The van der Waals surface area contributed by atoms with Gasteiger partial charge in [-0.2, -0.15) is 0 Å². The van der Waals surface area contributed by atoms with E-state index in [1.807, 2.05) is 0 Å². The molecule has 0 aliphatic rings. The number of rotatable bonds is 4. The summed E-state index contributed by atoms with van der Waals surface area (Å²) in [5.74, 6) is 0. The molecule has 0 saturated carbocycles. The molecule has 0 spiro atoms. The summed E-state index contributed by atoms with van der Waals surface area (Å²) in [5, 5.41) is 0.139. The van der Waals surface area contributed by atoms with Crippen LogP contribution in [0.1, 0.15) is 0 Å². The first-order chi connectivity index (χ1) is 4.81. The van der Waals surface area contributed by atoms with Gasteiger partial charge in [-0.1, -0.05) is 25.3 Å². The smallest absolute Gasteiger partial charge is 0.352 e. The molecule has 3 heteroatoms. The summed E-state index contributed by atoms with van der Waals surface area (Å²) in [7, 11) is 0. The normalized spacial score (nSPS) is 8.00. The topological polar surface area (TPSA) is 18.5 Å². The van der Waals surface area contributed by atoms with Gasteiger partial charge in [-0.15, -0.1) is 0 Å². The molecule has 0 heterocycles. The maximum atomic E-state index is 4.84. The maximum Gasteiger partial charge on any atom is 0.352 e. The monoisotopic (exact) mass is 158 g/mol. The van der Waals surface area contributed by atoms with Gasteiger partial charge in [0.2, 0.25) is 0 Å². The highest BCUT2D eigenvalue weighted by molar-refractivity contribution is 7.79. The Bertz CT molecular complexity index is 118. The number of hydrogen-bond acceptors (Lipinski definition) is 3. The molecule has 56 valence electrons. The van der Waals surface area contributed by atoms with Gasteiger partial charge in [-0.3, -0.25) is 0 Å². The van der Waals surface area contributed by atoms with Crippen LogP contribution in [0.25, 0.3) is 0 Å². The van der Waals surface area contributed by atoms with Crippen molar-refractivity contribution in [1.82, 2.24) is 0 Å². The Kier molecular flexibility index (Phi) is 5.77. The zero-order valence-electron chi connectivity index (χ0n) is 5.71. The van der Waals surface area contributed by atoms with Crippen molar-refractivity contribution < 1.29 is 9.47 Å². The summed E-state index contributed by atoms with van der Waals surface area (Å²) >= 11 is 4.64. The summed E-state index contributed by atoms with van der Waals surface area (Å²) in [5.41, 5.74) is 0. The van der Waals surface area contributed by atoms with Crippen molar-refractivity contribution in [2.24, 2.45) is 0 Å². The molecule has 0 atom stereocenters. The minimum absolute atomic E-state index is 0.139. The van der Waals surface area contributed by atoms with E-state index >= 15 is 0 Å². The Morgan fingerprint density at radius 3 is 1.90 bits per heavy atom. The minimum atomic E-state index is 0.139. The SMILES string of the molecule is C=CCOC(=S)OCC=C. The molecular weight excluding hydrogens is 148 g/mol. The first-order valence-corrected chi connectivity index (χ1v) is 3.23. The Hall–Kier alpha value is -0.830. The minimum Gasteiger partial charge on any atom is -0.453 e. The lowest BCUT2D eigenvalue weighted by Gasteiger charge is -2.03. The van der Waals surface area contributed by atoms with Gasteiger partial charge in [-0.05, 0) is 0 Å². The fourth-order valence-electron chi connectivity index (χ4n) is 0.296. The summed E-state index contributed by atoms with van der Waals surface area (Å²) in [6, 6.07) is 0. The second kappa shape index (κ2) is 6.29. The van der Waals surface area contributed by atoms with Gasteiger partial charge in [0.05, 0.1) is 0 Å². The quantitative estimate of drug-likeness (QED) is 0.458. The largest absolute Gasteiger partial charge is 0.453 e. The van der Waals surface area contributed by atoms with E-state index in [-0.39, 0.29) is 5.24 Å². The van der Waals surface area contributed by atoms with Crippen LogP contribution in [0.15, 0.2) is 25.3 Å². The highest BCUT2D eigenvalue weighted by atomic mass is 32.1. The Morgan fingerprint density at radius 1 is 1.20 bits per heavy atom. The molecule has 0 aromatic heterocycles. The number of ether oxygens (including phenoxy) is 2. The van der Waals surface area contributed by atoms with E-state index in [4.69, 9.17) is 9.47 Å². The summed E-state index contributed by atoms with van der Waals surface area (Å²) in [6.07, 6.45) is 3.20. The van der Waals surface area contributed by atoms with Crippen LogP contribution in [0.2, 0.25) is 0 Å². The number of thiocarbonyl (C=S) groups is 1. The van der Waals surface area contributed by atoms with Crippen LogP contribution in [-0.4, -0.2) is 18.5 Å². The van der Waals surface area contributed by atoms with E-state index in [2.05, 4.69) is 25.4 Å². The number of hydrogen-bond donors (Lipinski definition) is 0. The predicted octanol–water partition coefficient (Wildman–Crippen LogP) is 1.68. The molecule has 0 amide bonds. The standard InChI is InChI=1S/C7H10O2S/c1-3-5-8-7(10)9-6-4-2/h3-4H,1-2,5-6H2. The van der Waals surface area contributed by atoms with Crippen LogP contribution in [0, 0.1) is 0 Å². The average Bonchev–Trinajstić information content (AvgIpc) is 1.97. The van der Waals surface area contributed by atoms with Crippen LogP contribution in [0.3, 0.4) is 0 Å². The molecule has 0 aromatic rings. The predicted molar refractivity (Wildman–Crippen MR) is 44.9 cm³/mol. The van der Waals surface area contributed by atoms with Crippen molar-refractivity contribution >= 4 is 17.5 Å². The van der Waals surface area contributed by atoms with Crippen molar-refractivity contribution in [3.05, 3.63) is 25.3 Å². The van der Waals surface area contributed by atoms with Crippen molar-refractivity contribution in [3.8, 4) is 0 Å². The molecule has 2 nitrogen and oxygen atoms in total. The first kappa shape index (κ1) is 9.17. The molecule has 0 aliphatic carbocycles. The summed E-state index contributed by atoms with van der Waals surface area (Å²) in [6.45, 7) is 7.67. The van der Waals surface area contributed by atoms with Gasteiger partial charge >= 0.3 is 5.24 Å². The molecule has 10 heavy (non-hydrogen) atoms. The Morgan fingerprint density at radius 2 is 1.60 bits per heavy atom. The van der Waals surface area contributed by atoms with Gasteiger partial charge in [0, 0.05) is 12.2 Å². The van der Waals surface area contributed by atoms with Crippen LogP contribution >= 0.6 is 12.2 Å². The second-order valence-corrected chi connectivity index (χ2v) is 1.78. The van der Waals surface area contributed by atoms with Gasteiger partial charge in [-0.25, -0.2) is 0 Å². The molecule has 0 radical (unpaired) electrons. The van der Waals surface area contributed by atoms with Gasteiger partial charge in [0.1, 0.15) is 13.2 Å². The van der Waals surface area contributed by atoms with Crippen molar-refractivity contribution in [1.29, 1.82) is 0 Å². The molecule has 0 aliphatic heterocycles. The van der Waals surface area contributed by atoms with Crippen molar-refractivity contribution in [2.75, 3.05) is 13.2 Å². The first-order valence-electron chi connectivity index (χ1n) is 2.82. The Labute approximate surface area is 66.1 Å². The zero-order chi connectivity index (χ0) is 7.82. The molecule has 0 aromatic carbocycles. The van der Waals surface area contributed by atoms with Crippen LogP contribution in [-0.2, 0) is 9.47 Å². The van der Waals surface area contributed by atoms with Crippen molar-refractivity contribution in [2.45, 2.75) is 0 Å². The molecule has 0 N–H and O–H groups in total. The second-order valence-electron chi connectivity index (χ2n) is 1.45. The van der Waals surface area contributed by atoms with Crippen molar-refractivity contribution in [3.63, 3.8) is 0 Å². The molecule has 0 fully saturated rings. The van der Waals surface area contributed by atoms with Crippen LogP contribution in [0.4, 0.5) is 0 Å². The third-order valence-corrected chi connectivity index (χ3v) is 0.874. The molecular formula is C7H10O2S. The molecule has 0 unspecified atom stereocenters. The molecule has 0 saturated heterocycles. The maximum absolute atomic E-state index is 4.84. The zero-order valence-corrected chi connectivity index (χ0v) is 6.52. The van der Waals surface area contributed by atoms with E-state index in [1.54, 1.807) is 12.2 Å². The lowest BCUT2D eigenvalue weighted by molar-refractivity contribution is 0.213. The fourth-order valence-corrected chi connectivity index (χ4v) is 0.432. The van der Waals surface area contributed by atoms with Gasteiger partial charge in [0.15, 0.2) is 0 Å². The highest BCUT2D eigenvalue weighted by Crippen LogP contribution is 1.85.